The van der Waals surface area contributed by atoms with Gasteiger partial charge in [0.2, 0.25) is 0 Å². The lowest BCUT2D eigenvalue weighted by Crippen LogP contribution is -2.16. The summed E-state index contributed by atoms with van der Waals surface area (Å²) in [7, 11) is 0. The third kappa shape index (κ3) is 3.20. The largest absolute Gasteiger partial charge is 0.321 e. The Bertz CT molecular complexity index is 409. The molecule has 0 aromatic carbocycles. The Kier molecular flexibility index (Phi) is 4.94. The van der Waals surface area contributed by atoms with Gasteiger partial charge in [-0.1, -0.05) is 31.4 Å². The van der Waals surface area contributed by atoms with Crippen molar-refractivity contribution in [1.29, 1.82) is 0 Å². The predicted octanol–water partition coefficient (Wildman–Crippen LogP) is 3.92. The second-order valence-corrected chi connectivity index (χ2v) is 5.14. The van der Waals surface area contributed by atoms with Crippen LogP contribution in [0.25, 0.3) is 0 Å². The molecule has 2 nitrogen and oxygen atoms in total. The number of hydrogen-bond donors (Lipinski definition) is 1. The van der Waals surface area contributed by atoms with Crippen molar-refractivity contribution in [2.45, 2.75) is 57.9 Å². The zero-order chi connectivity index (χ0) is 12.8. The van der Waals surface area contributed by atoms with Gasteiger partial charge in [0.25, 0.3) is 0 Å². The summed E-state index contributed by atoms with van der Waals surface area (Å²) >= 11 is 0. The topological polar surface area (TPSA) is 38.9 Å². The maximum Gasteiger partial charge on any atom is 0.0514 e. The number of aromatic nitrogens is 1. The predicted molar refractivity (Wildman–Crippen MR) is 76.3 cm³/mol. The van der Waals surface area contributed by atoms with Crippen LogP contribution >= 0.6 is 0 Å². The molecule has 0 saturated carbocycles. The number of pyridine rings is 1. The second-order valence-electron chi connectivity index (χ2n) is 5.14. The molecular weight excluding hydrogens is 220 g/mol. The monoisotopic (exact) mass is 244 g/mol. The molecule has 1 aromatic rings. The van der Waals surface area contributed by atoms with E-state index in [1.54, 1.807) is 0 Å². The summed E-state index contributed by atoms with van der Waals surface area (Å²) in [6.07, 6.45) is 14.9. The van der Waals surface area contributed by atoms with Crippen molar-refractivity contribution in [1.82, 2.24) is 4.98 Å². The van der Waals surface area contributed by atoms with Crippen LogP contribution in [0.15, 0.2) is 30.1 Å². The maximum absolute atomic E-state index is 6.47. The first-order valence-electron chi connectivity index (χ1n) is 7.20. The lowest BCUT2D eigenvalue weighted by Gasteiger charge is -2.20. The van der Waals surface area contributed by atoms with E-state index in [1.807, 2.05) is 12.4 Å². The highest BCUT2D eigenvalue weighted by atomic mass is 14.7. The van der Waals surface area contributed by atoms with Gasteiger partial charge in [0, 0.05) is 12.4 Å². The van der Waals surface area contributed by atoms with E-state index in [9.17, 15) is 0 Å². The molecule has 0 bridgehead atoms. The number of nitrogens with two attached hydrogens (primary N) is 1. The van der Waals surface area contributed by atoms with E-state index in [4.69, 9.17) is 5.73 Å². The fraction of sp³-hybridized carbons (Fsp3) is 0.562. The first-order valence-corrected chi connectivity index (χ1v) is 7.20. The van der Waals surface area contributed by atoms with Crippen LogP contribution in [-0.2, 0) is 6.42 Å². The Balaban J connectivity index is 2.20. The van der Waals surface area contributed by atoms with Gasteiger partial charge in [-0.15, -0.1) is 0 Å². The molecule has 0 radical (unpaired) electrons. The van der Waals surface area contributed by atoms with E-state index in [-0.39, 0.29) is 6.04 Å². The summed E-state index contributed by atoms with van der Waals surface area (Å²) < 4.78 is 0. The molecule has 0 amide bonds. The molecule has 2 heteroatoms. The number of hydrogen-bond acceptors (Lipinski definition) is 2. The van der Waals surface area contributed by atoms with Crippen LogP contribution < -0.4 is 5.73 Å². The van der Waals surface area contributed by atoms with Gasteiger partial charge in [0.15, 0.2) is 0 Å². The molecule has 98 valence electrons. The molecule has 0 saturated heterocycles. The smallest absolute Gasteiger partial charge is 0.0514 e. The molecule has 1 atom stereocenters. The zero-order valence-corrected chi connectivity index (χ0v) is 11.4. The van der Waals surface area contributed by atoms with Crippen molar-refractivity contribution in [2.24, 2.45) is 5.73 Å². The summed E-state index contributed by atoms with van der Waals surface area (Å²) in [6, 6.07) is 2.16. The van der Waals surface area contributed by atoms with Gasteiger partial charge in [-0.25, -0.2) is 0 Å². The minimum atomic E-state index is 0.0704. The summed E-state index contributed by atoms with van der Waals surface area (Å²) in [5.41, 5.74) is 10.4. The molecule has 1 heterocycles. The SMILES string of the molecule is CCc1cnccc1C(N)/C1=C/CCCCCC1. The van der Waals surface area contributed by atoms with Gasteiger partial charge in [0.1, 0.15) is 0 Å². The fourth-order valence-electron chi connectivity index (χ4n) is 2.74. The minimum Gasteiger partial charge on any atom is -0.321 e. The van der Waals surface area contributed by atoms with Gasteiger partial charge in [-0.2, -0.15) is 0 Å². The fourth-order valence-corrected chi connectivity index (χ4v) is 2.74. The van der Waals surface area contributed by atoms with Crippen LogP contribution in [0, 0.1) is 0 Å². The molecule has 2 rings (SSSR count). The van der Waals surface area contributed by atoms with E-state index in [0.717, 1.165) is 12.8 Å². The van der Waals surface area contributed by atoms with Crippen molar-refractivity contribution in [3.8, 4) is 0 Å². The van der Waals surface area contributed by atoms with Crippen LogP contribution in [0.5, 0.6) is 0 Å². The second kappa shape index (κ2) is 6.69. The highest BCUT2D eigenvalue weighted by Crippen LogP contribution is 2.28. The molecule has 1 unspecified atom stereocenters. The third-order valence-corrected chi connectivity index (χ3v) is 3.88. The van der Waals surface area contributed by atoms with Gasteiger partial charge in [0.05, 0.1) is 6.04 Å². The Morgan fingerprint density at radius 2 is 2.11 bits per heavy atom. The molecule has 1 aromatic heterocycles. The minimum absolute atomic E-state index is 0.0704. The van der Waals surface area contributed by atoms with Gasteiger partial charge >= 0.3 is 0 Å². The van der Waals surface area contributed by atoms with Crippen molar-refractivity contribution >= 4 is 0 Å². The average molecular weight is 244 g/mol. The van der Waals surface area contributed by atoms with E-state index >= 15 is 0 Å². The molecule has 1 aliphatic carbocycles. The van der Waals surface area contributed by atoms with Gasteiger partial charge in [-0.05, 0) is 49.3 Å². The van der Waals surface area contributed by atoms with Gasteiger partial charge < -0.3 is 5.73 Å². The summed E-state index contributed by atoms with van der Waals surface area (Å²) in [5.74, 6) is 0. The van der Waals surface area contributed by atoms with E-state index in [1.165, 1.54) is 48.8 Å². The first-order chi connectivity index (χ1) is 8.83. The van der Waals surface area contributed by atoms with Crippen LogP contribution in [0.2, 0.25) is 0 Å². The quantitative estimate of drug-likeness (QED) is 0.818. The van der Waals surface area contributed by atoms with Gasteiger partial charge in [-0.3, -0.25) is 4.98 Å². The average Bonchev–Trinajstić information content (AvgIpc) is 2.37. The number of aryl methyl sites for hydroxylation is 1. The molecule has 18 heavy (non-hydrogen) atoms. The number of rotatable bonds is 3. The Labute approximate surface area is 110 Å². The summed E-state index contributed by atoms with van der Waals surface area (Å²) in [5, 5.41) is 0. The van der Waals surface area contributed by atoms with Crippen LogP contribution in [0.1, 0.15) is 62.6 Å². The van der Waals surface area contributed by atoms with Crippen LogP contribution in [0.4, 0.5) is 0 Å². The Morgan fingerprint density at radius 3 is 2.94 bits per heavy atom. The highest BCUT2D eigenvalue weighted by molar-refractivity contribution is 5.33. The lowest BCUT2D eigenvalue weighted by molar-refractivity contribution is 0.601. The number of allylic oxidation sites excluding steroid dienone is 1. The van der Waals surface area contributed by atoms with E-state index in [2.05, 4.69) is 24.1 Å². The van der Waals surface area contributed by atoms with E-state index in [0.29, 0.717) is 0 Å². The summed E-state index contributed by atoms with van der Waals surface area (Å²) in [4.78, 5) is 4.20. The Hall–Kier alpha value is -1.15. The Morgan fingerprint density at radius 1 is 1.28 bits per heavy atom. The molecular formula is C16H24N2. The number of nitrogens with zero attached hydrogens (tertiary/aromatic N) is 1. The van der Waals surface area contributed by atoms with Crippen molar-refractivity contribution in [3.63, 3.8) is 0 Å². The molecule has 0 fully saturated rings. The molecule has 2 N–H and O–H groups in total. The highest BCUT2D eigenvalue weighted by Gasteiger charge is 2.15. The van der Waals surface area contributed by atoms with Crippen LogP contribution in [0.3, 0.4) is 0 Å². The van der Waals surface area contributed by atoms with Crippen LogP contribution in [-0.4, -0.2) is 4.98 Å². The first kappa shape index (κ1) is 13.3. The standard InChI is InChI=1S/C16H24N2/c1-2-13-12-18-11-10-15(13)16(17)14-8-6-4-3-5-7-9-14/h8,10-12,16H,2-7,9,17H2,1H3/b14-8+. The molecule has 1 aliphatic rings. The lowest BCUT2D eigenvalue weighted by atomic mass is 9.89. The normalized spacial score (nSPS) is 21.6. The zero-order valence-electron chi connectivity index (χ0n) is 11.4. The van der Waals surface area contributed by atoms with Crippen molar-refractivity contribution < 1.29 is 0 Å². The molecule has 0 aliphatic heterocycles. The van der Waals surface area contributed by atoms with E-state index < -0.39 is 0 Å². The molecule has 0 spiro atoms. The summed E-state index contributed by atoms with van der Waals surface area (Å²) in [6.45, 7) is 2.17. The van der Waals surface area contributed by atoms with Crippen molar-refractivity contribution in [2.75, 3.05) is 0 Å². The third-order valence-electron chi connectivity index (χ3n) is 3.88. The van der Waals surface area contributed by atoms with Crippen molar-refractivity contribution in [3.05, 3.63) is 41.2 Å². The maximum atomic E-state index is 6.47.